The van der Waals surface area contributed by atoms with Gasteiger partial charge in [0.1, 0.15) is 6.61 Å². The number of benzene rings is 2. The highest BCUT2D eigenvalue weighted by Gasteiger charge is 2.13. The Morgan fingerprint density at radius 3 is 2.60 bits per heavy atom. The maximum absolute atomic E-state index is 12.3. The van der Waals surface area contributed by atoms with Gasteiger partial charge in [-0.05, 0) is 44.2 Å². The van der Waals surface area contributed by atoms with Crippen molar-refractivity contribution in [1.82, 2.24) is 25.1 Å². The van der Waals surface area contributed by atoms with E-state index in [0.717, 1.165) is 16.7 Å². The number of aromatic nitrogens is 4. The summed E-state index contributed by atoms with van der Waals surface area (Å²) in [5.74, 6) is 0.800. The summed E-state index contributed by atoms with van der Waals surface area (Å²) in [6.45, 7) is 4.57. The summed E-state index contributed by atoms with van der Waals surface area (Å²) >= 11 is 6.28. The molecule has 7 nitrogen and oxygen atoms in total. The molecule has 4 rings (SSSR count). The fourth-order valence-corrected chi connectivity index (χ4v) is 3.41. The van der Waals surface area contributed by atoms with E-state index in [0.29, 0.717) is 34.5 Å². The lowest BCUT2D eigenvalue weighted by Crippen LogP contribution is -2.28. The second-order valence-electron chi connectivity index (χ2n) is 6.93. The second kappa shape index (κ2) is 8.51. The van der Waals surface area contributed by atoms with Crippen LogP contribution >= 0.6 is 11.6 Å². The minimum atomic E-state index is -0.131. The zero-order valence-corrected chi connectivity index (χ0v) is 17.3. The fraction of sp³-hybridized carbons (Fsp3) is 0.182. The van der Waals surface area contributed by atoms with Gasteiger partial charge in [0.15, 0.2) is 11.5 Å². The summed E-state index contributed by atoms with van der Waals surface area (Å²) in [5.41, 5.74) is 4.06. The van der Waals surface area contributed by atoms with Crippen LogP contribution in [0.1, 0.15) is 21.5 Å². The largest absolute Gasteiger partial charge is 0.475 e. The number of carbonyl (C=O) groups is 1. The Morgan fingerprint density at radius 2 is 1.83 bits per heavy atom. The molecule has 0 aliphatic rings. The van der Waals surface area contributed by atoms with Gasteiger partial charge in [-0.2, -0.15) is 4.52 Å². The summed E-state index contributed by atoms with van der Waals surface area (Å²) in [6.07, 6.45) is 0. The van der Waals surface area contributed by atoms with Gasteiger partial charge in [-0.3, -0.25) is 4.79 Å². The van der Waals surface area contributed by atoms with Gasteiger partial charge in [0, 0.05) is 17.2 Å². The Labute approximate surface area is 178 Å². The van der Waals surface area contributed by atoms with E-state index >= 15 is 0 Å². The number of nitrogens with zero attached hydrogens (tertiary/aromatic N) is 4. The van der Waals surface area contributed by atoms with Gasteiger partial charge in [0.05, 0.1) is 11.6 Å². The lowest BCUT2D eigenvalue weighted by molar-refractivity contribution is 0.0946. The fourth-order valence-electron chi connectivity index (χ4n) is 3.19. The maximum atomic E-state index is 12.3. The zero-order valence-electron chi connectivity index (χ0n) is 16.6. The van der Waals surface area contributed by atoms with E-state index in [1.807, 2.05) is 50.2 Å². The molecule has 2 heterocycles. The molecular weight excluding hydrogens is 402 g/mol. The number of aryl methyl sites for hydroxylation is 2. The lowest BCUT2D eigenvalue weighted by atomic mass is 10.1. The van der Waals surface area contributed by atoms with Crippen LogP contribution in [0.3, 0.4) is 0 Å². The first-order valence-corrected chi connectivity index (χ1v) is 9.86. The molecule has 0 saturated heterocycles. The normalized spacial score (nSPS) is 10.9. The number of hydrogen-bond acceptors (Lipinski definition) is 5. The van der Waals surface area contributed by atoms with Crippen LogP contribution in [0.15, 0.2) is 54.6 Å². The van der Waals surface area contributed by atoms with Gasteiger partial charge in [-0.15, -0.1) is 15.3 Å². The third kappa shape index (κ3) is 4.26. The Balaban J connectivity index is 1.42. The highest BCUT2D eigenvalue weighted by atomic mass is 35.5. The third-order valence-corrected chi connectivity index (χ3v) is 4.80. The summed E-state index contributed by atoms with van der Waals surface area (Å²) in [6, 6.07) is 16.6. The number of halogens is 1. The molecule has 1 amide bonds. The average molecular weight is 422 g/mol. The molecule has 2 aromatic heterocycles. The molecule has 0 aliphatic heterocycles. The molecule has 0 atom stereocenters. The standard InChI is InChI=1S/C22H20ClN5O2/c1-14-11-15(2)13-16(12-14)22(29)24-9-10-30-20-8-7-19-25-26-21(28(19)27-20)17-5-3-4-6-18(17)23/h3-8,11-13H,9-10H2,1-2H3,(H,24,29). The van der Waals surface area contributed by atoms with Gasteiger partial charge >= 0.3 is 0 Å². The van der Waals surface area contributed by atoms with Crippen molar-refractivity contribution in [3.05, 3.63) is 76.3 Å². The van der Waals surface area contributed by atoms with Crippen LogP contribution in [0.5, 0.6) is 5.88 Å². The molecule has 0 unspecified atom stereocenters. The van der Waals surface area contributed by atoms with Crippen molar-refractivity contribution in [2.24, 2.45) is 0 Å². The van der Waals surface area contributed by atoms with Crippen LogP contribution in [0.2, 0.25) is 5.02 Å². The molecule has 0 fully saturated rings. The average Bonchev–Trinajstić information content (AvgIpc) is 3.14. The van der Waals surface area contributed by atoms with Crippen LogP contribution in [0.25, 0.3) is 17.0 Å². The number of fused-ring (bicyclic) bond motifs is 1. The number of carbonyl (C=O) groups excluding carboxylic acids is 1. The van der Waals surface area contributed by atoms with Gasteiger partial charge in [-0.25, -0.2) is 0 Å². The smallest absolute Gasteiger partial charge is 0.251 e. The van der Waals surface area contributed by atoms with Crippen LogP contribution in [0, 0.1) is 13.8 Å². The van der Waals surface area contributed by atoms with Gasteiger partial charge < -0.3 is 10.1 Å². The second-order valence-corrected chi connectivity index (χ2v) is 7.33. The molecule has 8 heteroatoms. The summed E-state index contributed by atoms with van der Waals surface area (Å²) in [4.78, 5) is 12.3. The minimum Gasteiger partial charge on any atom is -0.475 e. The van der Waals surface area contributed by atoms with Gasteiger partial charge in [0.25, 0.3) is 5.91 Å². The molecule has 1 N–H and O–H groups in total. The molecule has 0 spiro atoms. The van der Waals surface area contributed by atoms with Gasteiger partial charge in [0.2, 0.25) is 5.88 Å². The van der Waals surface area contributed by atoms with Crippen LogP contribution in [-0.4, -0.2) is 38.9 Å². The highest BCUT2D eigenvalue weighted by molar-refractivity contribution is 6.33. The Kier molecular flexibility index (Phi) is 5.63. The number of rotatable bonds is 6. The van der Waals surface area contributed by atoms with Crippen LogP contribution in [-0.2, 0) is 0 Å². The van der Waals surface area contributed by atoms with E-state index < -0.39 is 0 Å². The Bertz CT molecular complexity index is 1200. The topological polar surface area (TPSA) is 81.4 Å². The maximum Gasteiger partial charge on any atom is 0.251 e. The number of ether oxygens (including phenoxy) is 1. The first kappa shape index (κ1) is 19.8. The van der Waals surface area contributed by atoms with Crippen molar-refractivity contribution in [3.8, 4) is 17.3 Å². The van der Waals surface area contributed by atoms with Crippen molar-refractivity contribution in [2.75, 3.05) is 13.2 Å². The summed E-state index contributed by atoms with van der Waals surface area (Å²) < 4.78 is 7.29. The number of amides is 1. The lowest BCUT2D eigenvalue weighted by Gasteiger charge is -2.09. The van der Waals surface area contributed by atoms with Gasteiger partial charge in [-0.1, -0.05) is 40.9 Å². The molecule has 4 aromatic rings. The van der Waals surface area contributed by atoms with Crippen molar-refractivity contribution < 1.29 is 9.53 Å². The quantitative estimate of drug-likeness (QED) is 0.478. The Morgan fingerprint density at radius 1 is 1.07 bits per heavy atom. The minimum absolute atomic E-state index is 0.131. The molecule has 152 valence electrons. The highest BCUT2D eigenvalue weighted by Crippen LogP contribution is 2.26. The first-order chi connectivity index (χ1) is 14.5. The third-order valence-electron chi connectivity index (χ3n) is 4.47. The van der Waals surface area contributed by atoms with E-state index in [2.05, 4.69) is 20.6 Å². The predicted octanol–water partition coefficient (Wildman–Crippen LogP) is 3.87. The van der Waals surface area contributed by atoms with Crippen molar-refractivity contribution in [3.63, 3.8) is 0 Å². The predicted molar refractivity (Wildman–Crippen MR) is 115 cm³/mol. The summed E-state index contributed by atoms with van der Waals surface area (Å²) in [7, 11) is 0. The molecule has 0 aliphatic carbocycles. The molecule has 0 radical (unpaired) electrons. The number of nitrogens with one attached hydrogen (secondary N) is 1. The molecule has 0 bridgehead atoms. The molecule has 0 saturated carbocycles. The van der Waals surface area contributed by atoms with Crippen molar-refractivity contribution in [2.45, 2.75) is 13.8 Å². The molecule has 2 aromatic carbocycles. The van der Waals surface area contributed by atoms with Crippen molar-refractivity contribution >= 4 is 23.2 Å². The van der Waals surface area contributed by atoms with Crippen LogP contribution < -0.4 is 10.1 Å². The van der Waals surface area contributed by atoms with E-state index in [4.69, 9.17) is 16.3 Å². The zero-order chi connectivity index (χ0) is 21.1. The first-order valence-electron chi connectivity index (χ1n) is 9.48. The van der Waals surface area contributed by atoms with E-state index in [9.17, 15) is 4.79 Å². The van der Waals surface area contributed by atoms with Crippen LogP contribution in [0.4, 0.5) is 0 Å². The Hall–Kier alpha value is -3.45. The van der Waals surface area contributed by atoms with E-state index in [1.54, 1.807) is 22.7 Å². The number of hydrogen-bond donors (Lipinski definition) is 1. The van der Waals surface area contributed by atoms with Crippen molar-refractivity contribution in [1.29, 1.82) is 0 Å². The monoisotopic (exact) mass is 421 g/mol. The summed E-state index contributed by atoms with van der Waals surface area (Å²) in [5, 5.41) is 16.2. The SMILES string of the molecule is Cc1cc(C)cc(C(=O)NCCOc2ccc3nnc(-c4ccccc4Cl)n3n2)c1. The molecular formula is C22H20ClN5O2. The van der Waals surface area contributed by atoms with E-state index in [-0.39, 0.29) is 12.5 Å². The van der Waals surface area contributed by atoms with E-state index in [1.165, 1.54) is 0 Å². The molecule has 30 heavy (non-hydrogen) atoms.